The first-order valence-electron chi connectivity index (χ1n) is 11.2. The van der Waals surface area contributed by atoms with E-state index in [4.69, 9.17) is 22.1 Å². The number of nitrogens with one attached hydrogen (secondary N) is 2. The Morgan fingerprint density at radius 2 is 2.06 bits per heavy atom. The van der Waals surface area contributed by atoms with Gasteiger partial charge in [-0.2, -0.15) is 0 Å². The molecule has 2 aliphatic heterocycles. The van der Waals surface area contributed by atoms with Crippen molar-refractivity contribution < 1.29 is 19.4 Å². The second-order valence-electron chi connectivity index (χ2n) is 8.55. The topological polar surface area (TPSA) is 130 Å². The SMILES string of the molecule is C=C1OCCC2(CCC2)N2C=C(C(=O)O)C(=O)/C(=C(N)/C(Cl)=C\1NCCNc1ccccn1)C2. The second kappa shape index (κ2) is 9.80. The highest BCUT2D eigenvalue weighted by atomic mass is 35.5. The summed E-state index contributed by atoms with van der Waals surface area (Å²) in [7, 11) is 0. The predicted octanol–water partition coefficient (Wildman–Crippen LogP) is 2.46. The van der Waals surface area contributed by atoms with E-state index < -0.39 is 11.8 Å². The molecule has 34 heavy (non-hydrogen) atoms. The van der Waals surface area contributed by atoms with Crippen molar-refractivity contribution >= 4 is 29.2 Å². The van der Waals surface area contributed by atoms with Gasteiger partial charge < -0.3 is 31.1 Å². The number of carboxylic acid groups (broad SMARTS) is 1. The summed E-state index contributed by atoms with van der Waals surface area (Å²) < 4.78 is 5.94. The number of hydrogen-bond donors (Lipinski definition) is 4. The lowest BCUT2D eigenvalue weighted by atomic mass is 9.72. The lowest BCUT2D eigenvalue weighted by Gasteiger charge is -2.51. The molecule has 0 aromatic carbocycles. The lowest BCUT2D eigenvalue weighted by molar-refractivity contribution is -0.134. The molecule has 180 valence electrons. The molecular formula is C24H28ClN5O4. The van der Waals surface area contributed by atoms with E-state index in [1.807, 2.05) is 23.1 Å². The van der Waals surface area contributed by atoms with Crippen molar-refractivity contribution in [3.63, 3.8) is 0 Å². The number of halogens is 1. The third kappa shape index (κ3) is 4.61. The molecule has 0 radical (unpaired) electrons. The number of carbonyl (C=O) groups is 2. The molecule has 2 bridgehead atoms. The number of rotatable bonds is 6. The summed E-state index contributed by atoms with van der Waals surface area (Å²) in [4.78, 5) is 31.0. The summed E-state index contributed by atoms with van der Waals surface area (Å²) in [5, 5.41) is 16.1. The molecule has 4 rings (SSSR count). The zero-order chi connectivity index (χ0) is 24.3. The van der Waals surface area contributed by atoms with Crippen LogP contribution in [0.2, 0.25) is 0 Å². The van der Waals surface area contributed by atoms with Gasteiger partial charge in [0.2, 0.25) is 5.78 Å². The number of aliphatic carboxylic acids is 1. The molecule has 1 aromatic rings. The Morgan fingerprint density at radius 1 is 1.29 bits per heavy atom. The Hall–Kier alpha value is -3.46. The largest absolute Gasteiger partial charge is 0.492 e. The standard InChI is InChI=1S/C24H28ClN5O4/c1-15-21(29-11-10-28-18-5-2-3-9-27-18)19(25)20(26)16-13-30(14-17(22(16)31)23(32)33)24(6-4-7-24)8-12-34-15/h2-3,5,9,14,29H,1,4,6-8,10-13,26H2,(H,27,28)(H,32,33)/b20-16-,21-19-. The molecule has 1 fully saturated rings. The Labute approximate surface area is 203 Å². The van der Waals surface area contributed by atoms with Crippen LogP contribution in [0.15, 0.2) is 70.5 Å². The molecule has 10 heteroatoms. The molecular weight excluding hydrogens is 458 g/mol. The maximum Gasteiger partial charge on any atom is 0.341 e. The van der Waals surface area contributed by atoms with Crippen LogP contribution in [0.25, 0.3) is 0 Å². The third-order valence-corrected chi connectivity index (χ3v) is 6.95. The number of ketones is 1. The Bertz CT molecular complexity index is 1090. The fourth-order valence-corrected chi connectivity index (χ4v) is 4.73. The van der Waals surface area contributed by atoms with Crippen LogP contribution >= 0.6 is 11.6 Å². The Morgan fingerprint density at radius 3 is 2.71 bits per heavy atom. The normalized spacial score (nSPS) is 24.5. The van der Waals surface area contributed by atoms with E-state index in [2.05, 4.69) is 22.2 Å². The summed E-state index contributed by atoms with van der Waals surface area (Å²) in [5.74, 6) is -0.874. The van der Waals surface area contributed by atoms with Crippen molar-refractivity contribution in [1.29, 1.82) is 0 Å². The zero-order valence-electron chi connectivity index (χ0n) is 18.8. The first-order valence-corrected chi connectivity index (χ1v) is 11.6. The van der Waals surface area contributed by atoms with E-state index in [-0.39, 0.29) is 34.0 Å². The number of carbonyl (C=O) groups excluding carboxylic acids is 1. The summed E-state index contributed by atoms with van der Waals surface area (Å²) in [5.41, 5.74) is 6.33. The van der Waals surface area contributed by atoms with Crippen LogP contribution in [0, 0.1) is 0 Å². The molecule has 0 saturated heterocycles. The number of nitrogens with zero attached hydrogens (tertiary/aromatic N) is 2. The highest BCUT2D eigenvalue weighted by Gasteiger charge is 2.45. The number of ether oxygens (including phenoxy) is 1. The van der Waals surface area contributed by atoms with Crippen molar-refractivity contribution in [1.82, 2.24) is 15.2 Å². The summed E-state index contributed by atoms with van der Waals surface area (Å²) in [6, 6.07) is 5.57. The number of anilines is 1. The van der Waals surface area contributed by atoms with Crippen LogP contribution in [-0.2, 0) is 14.3 Å². The first-order chi connectivity index (χ1) is 16.3. The van der Waals surface area contributed by atoms with Gasteiger partial charge in [0, 0.05) is 49.6 Å². The maximum absolute atomic E-state index is 13.0. The van der Waals surface area contributed by atoms with Gasteiger partial charge in [0.05, 0.1) is 23.0 Å². The van der Waals surface area contributed by atoms with Crippen molar-refractivity contribution in [2.45, 2.75) is 31.2 Å². The third-order valence-electron chi connectivity index (χ3n) is 6.56. The van der Waals surface area contributed by atoms with E-state index >= 15 is 0 Å². The van der Waals surface area contributed by atoms with Crippen LogP contribution in [0.4, 0.5) is 5.82 Å². The number of fused-ring (bicyclic) bond motifs is 3. The minimum absolute atomic E-state index is 0.0184. The van der Waals surface area contributed by atoms with Gasteiger partial charge in [-0.25, -0.2) is 9.78 Å². The van der Waals surface area contributed by atoms with Crippen molar-refractivity contribution in [3.05, 3.63) is 70.5 Å². The fraction of sp³-hybridized carbons (Fsp3) is 0.375. The second-order valence-corrected chi connectivity index (χ2v) is 8.93. The molecule has 9 nitrogen and oxygen atoms in total. The number of allylic oxidation sites excluding steroid dienone is 1. The van der Waals surface area contributed by atoms with Crippen LogP contribution < -0.4 is 16.4 Å². The average Bonchev–Trinajstić information content (AvgIpc) is 2.81. The Kier molecular flexibility index (Phi) is 6.83. The van der Waals surface area contributed by atoms with Gasteiger partial charge in [-0.1, -0.05) is 24.2 Å². The minimum atomic E-state index is -1.29. The molecule has 0 atom stereocenters. The molecule has 0 amide bonds. The number of nitrogens with two attached hydrogens (primary N) is 1. The summed E-state index contributed by atoms with van der Waals surface area (Å²) in [6.07, 6.45) is 6.57. The summed E-state index contributed by atoms with van der Waals surface area (Å²) in [6.45, 7) is 5.55. The fourth-order valence-electron chi connectivity index (χ4n) is 4.44. The van der Waals surface area contributed by atoms with Crippen LogP contribution in [0.1, 0.15) is 25.7 Å². The number of aromatic nitrogens is 1. The summed E-state index contributed by atoms with van der Waals surface area (Å²) >= 11 is 6.66. The van der Waals surface area contributed by atoms with Gasteiger partial charge in [0.25, 0.3) is 0 Å². The molecule has 1 saturated carbocycles. The zero-order valence-corrected chi connectivity index (χ0v) is 19.5. The lowest BCUT2D eigenvalue weighted by Crippen LogP contribution is -2.54. The number of Topliss-reactive ketones (excluding diaryl/α,β-unsaturated/α-hetero) is 1. The highest BCUT2D eigenvalue weighted by molar-refractivity contribution is 6.33. The molecule has 1 aliphatic carbocycles. The van der Waals surface area contributed by atoms with E-state index in [1.165, 1.54) is 6.20 Å². The van der Waals surface area contributed by atoms with Crippen molar-refractivity contribution in [2.24, 2.45) is 5.73 Å². The van der Waals surface area contributed by atoms with E-state index in [1.54, 1.807) is 6.20 Å². The van der Waals surface area contributed by atoms with Crippen LogP contribution in [0.3, 0.4) is 0 Å². The maximum atomic E-state index is 13.0. The van der Waals surface area contributed by atoms with Crippen molar-refractivity contribution in [2.75, 3.05) is 31.6 Å². The Balaban J connectivity index is 1.64. The van der Waals surface area contributed by atoms with Gasteiger partial charge in [0.15, 0.2) is 0 Å². The van der Waals surface area contributed by atoms with Gasteiger partial charge in [-0.3, -0.25) is 4.79 Å². The molecule has 3 aliphatic rings. The van der Waals surface area contributed by atoms with Gasteiger partial charge in [-0.05, 0) is 31.4 Å². The van der Waals surface area contributed by atoms with E-state index in [0.717, 1.165) is 25.1 Å². The van der Waals surface area contributed by atoms with Gasteiger partial charge in [0.1, 0.15) is 17.2 Å². The van der Waals surface area contributed by atoms with Crippen molar-refractivity contribution in [3.8, 4) is 0 Å². The van der Waals surface area contributed by atoms with Crippen LogP contribution in [0.5, 0.6) is 0 Å². The van der Waals surface area contributed by atoms with Gasteiger partial charge >= 0.3 is 5.97 Å². The number of hydrogen-bond acceptors (Lipinski definition) is 8. The molecule has 0 unspecified atom stereocenters. The average molecular weight is 486 g/mol. The van der Waals surface area contributed by atoms with E-state index in [9.17, 15) is 14.7 Å². The van der Waals surface area contributed by atoms with E-state index in [0.29, 0.717) is 37.6 Å². The molecule has 1 spiro atoms. The number of carboxylic acids is 1. The van der Waals surface area contributed by atoms with Crippen LogP contribution in [-0.4, -0.2) is 58.5 Å². The molecule has 3 heterocycles. The smallest absolute Gasteiger partial charge is 0.341 e. The monoisotopic (exact) mass is 485 g/mol. The minimum Gasteiger partial charge on any atom is -0.492 e. The highest BCUT2D eigenvalue weighted by Crippen LogP contribution is 2.43. The molecule has 5 N–H and O–H groups in total. The molecule has 1 aromatic heterocycles. The number of pyridine rings is 1. The van der Waals surface area contributed by atoms with Gasteiger partial charge in [-0.15, -0.1) is 0 Å². The quantitative estimate of drug-likeness (QED) is 0.354. The first kappa shape index (κ1) is 23.7. The predicted molar refractivity (Wildman–Crippen MR) is 129 cm³/mol.